The summed E-state index contributed by atoms with van der Waals surface area (Å²) in [7, 11) is 0. The van der Waals surface area contributed by atoms with Gasteiger partial charge < -0.3 is 10.6 Å². The lowest BCUT2D eigenvalue weighted by molar-refractivity contribution is 0.501. The Labute approximate surface area is 101 Å². The summed E-state index contributed by atoms with van der Waals surface area (Å²) in [5, 5.41) is 1.18. The van der Waals surface area contributed by atoms with Crippen molar-refractivity contribution in [1.82, 2.24) is 4.98 Å². The van der Waals surface area contributed by atoms with Crippen molar-refractivity contribution in [3.63, 3.8) is 0 Å². The molecule has 17 heavy (non-hydrogen) atoms. The van der Waals surface area contributed by atoms with E-state index in [1.165, 1.54) is 5.39 Å². The van der Waals surface area contributed by atoms with E-state index >= 15 is 0 Å². The highest BCUT2D eigenvalue weighted by Crippen LogP contribution is 2.22. The van der Waals surface area contributed by atoms with Crippen molar-refractivity contribution in [1.29, 1.82) is 0 Å². The van der Waals surface area contributed by atoms with Gasteiger partial charge in [0.1, 0.15) is 6.20 Å². The molecule has 3 heteroatoms. The van der Waals surface area contributed by atoms with Crippen LogP contribution in [0, 0.1) is 6.20 Å². The van der Waals surface area contributed by atoms with E-state index in [-0.39, 0.29) is 0 Å². The van der Waals surface area contributed by atoms with Crippen LogP contribution < -0.4 is 10.6 Å². The third kappa shape index (κ3) is 2.11. The molecule has 2 heterocycles. The highest BCUT2D eigenvalue weighted by molar-refractivity contribution is 5.81. The summed E-state index contributed by atoms with van der Waals surface area (Å²) in [4.78, 5) is 6.70. The fourth-order valence-electron chi connectivity index (χ4n) is 2.31. The molecule has 1 saturated heterocycles. The number of pyridine rings is 1. The number of aromatic nitrogens is 1. The average molecular weight is 226 g/mol. The lowest BCUT2D eigenvalue weighted by Gasteiger charge is -2.31. The molecule has 0 atom stereocenters. The Bertz CT molecular complexity index is 516. The van der Waals surface area contributed by atoms with E-state index in [9.17, 15) is 0 Å². The smallest absolute Gasteiger partial charge is 0.115 e. The third-order valence-electron chi connectivity index (χ3n) is 3.40. The van der Waals surface area contributed by atoms with Gasteiger partial charge in [0.2, 0.25) is 0 Å². The number of anilines is 1. The number of para-hydroxylation sites is 1. The first-order valence-electron chi connectivity index (χ1n) is 6.11. The van der Waals surface area contributed by atoms with Crippen molar-refractivity contribution in [3.8, 4) is 0 Å². The fraction of sp³-hybridized carbons (Fsp3) is 0.357. The molecule has 0 spiro atoms. The Kier molecular flexibility index (Phi) is 2.69. The predicted molar refractivity (Wildman–Crippen MR) is 70.0 cm³/mol. The minimum atomic E-state index is 0.361. The number of hydrogen-bond donors (Lipinski definition) is 1. The van der Waals surface area contributed by atoms with Gasteiger partial charge in [-0.15, -0.1) is 0 Å². The quantitative estimate of drug-likeness (QED) is 0.808. The van der Waals surface area contributed by atoms with Crippen molar-refractivity contribution in [3.05, 3.63) is 36.5 Å². The van der Waals surface area contributed by atoms with E-state index in [4.69, 9.17) is 5.73 Å². The highest BCUT2D eigenvalue weighted by Gasteiger charge is 2.16. The molecule has 1 radical (unpaired) electrons. The van der Waals surface area contributed by atoms with Crippen LogP contribution >= 0.6 is 0 Å². The zero-order valence-electron chi connectivity index (χ0n) is 9.76. The van der Waals surface area contributed by atoms with Crippen LogP contribution in [0.1, 0.15) is 12.8 Å². The second-order valence-electron chi connectivity index (χ2n) is 4.64. The first kappa shape index (κ1) is 10.5. The molecule has 87 valence electrons. The maximum atomic E-state index is 5.91. The molecule has 2 aromatic rings. The van der Waals surface area contributed by atoms with Crippen LogP contribution in [0.5, 0.6) is 0 Å². The zero-order chi connectivity index (χ0) is 11.7. The van der Waals surface area contributed by atoms with Gasteiger partial charge in [0.05, 0.1) is 11.2 Å². The van der Waals surface area contributed by atoms with Crippen LogP contribution in [-0.4, -0.2) is 24.1 Å². The van der Waals surface area contributed by atoms with Crippen molar-refractivity contribution in [2.24, 2.45) is 5.73 Å². The Morgan fingerprint density at radius 1 is 1.24 bits per heavy atom. The van der Waals surface area contributed by atoms with Gasteiger partial charge >= 0.3 is 0 Å². The normalized spacial score (nSPS) is 17.6. The standard InChI is InChI=1S/C14H16N3/c15-12-5-7-17(8-6-12)13-9-11-3-1-2-4-14(11)16-10-13/h1-4,9,12H,5-8,15H2. The first-order valence-corrected chi connectivity index (χ1v) is 6.11. The van der Waals surface area contributed by atoms with Crippen LogP contribution in [0.3, 0.4) is 0 Å². The Morgan fingerprint density at radius 2 is 2.00 bits per heavy atom. The van der Waals surface area contributed by atoms with Crippen molar-refractivity contribution < 1.29 is 0 Å². The molecule has 2 N–H and O–H groups in total. The lowest BCUT2D eigenvalue weighted by Crippen LogP contribution is -2.39. The molecule has 3 rings (SSSR count). The molecule has 1 aliphatic heterocycles. The minimum Gasteiger partial charge on any atom is -0.370 e. The van der Waals surface area contributed by atoms with E-state index in [1.807, 2.05) is 18.2 Å². The molecule has 1 aromatic heterocycles. The van der Waals surface area contributed by atoms with Crippen LogP contribution in [-0.2, 0) is 0 Å². The molecule has 0 saturated carbocycles. The largest absolute Gasteiger partial charge is 0.370 e. The fourth-order valence-corrected chi connectivity index (χ4v) is 2.31. The summed E-state index contributed by atoms with van der Waals surface area (Å²) in [6, 6.07) is 10.7. The second-order valence-corrected chi connectivity index (χ2v) is 4.64. The molecule has 0 bridgehead atoms. The molecule has 0 aliphatic carbocycles. The molecular weight excluding hydrogens is 210 g/mol. The summed E-state index contributed by atoms with van der Waals surface area (Å²) >= 11 is 0. The van der Waals surface area contributed by atoms with Gasteiger partial charge in [0.25, 0.3) is 0 Å². The van der Waals surface area contributed by atoms with Gasteiger partial charge in [-0.05, 0) is 25.0 Å². The molecule has 3 nitrogen and oxygen atoms in total. The Hall–Kier alpha value is -1.61. The summed E-state index contributed by atoms with van der Waals surface area (Å²) in [5.41, 5.74) is 8.01. The SMILES string of the molecule is NC1CCN(c2[c]nc3ccccc3c2)CC1. The van der Waals surface area contributed by atoms with Crippen molar-refractivity contribution in [2.45, 2.75) is 18.9 Å². The van der Waals surface area contributed by atoms with E-state index in [2.05, 4.69) is 28.2 Å². The van der Waals surface area contributed by atoms with Gasteiger partial charge in [0.15, 0.2) is 0 Å². The maximum Gasteiger partial charge on any atom is 0.115 e. The summed E-state index contributed by atoms with van der Waals surface area (Å²) in [5.74, 6) is 0. The molecule has 1 aliphatic rings. The van der Waals surface area contributed by atoms with Crippen LogP contribution in [0.25, 0.3) is 10.9 Å². The average Bonchev–Trinajstić information content (AvgIpc) is 2.39. The maximum absolute atomic E-state index is 5.91. The number of benzene rings is 1. The Balaban J connectivity index is 1.90. The predicted octanol–water partition coefficient (Wildman–Crippen LogP) is 1.96. The molecule has 0 amide bonds. The molecule has 1 aromatic carbocycles. The first-order chi connectivity index (χ1) is 8.33. The van der Waals surface area contributed by atoms with Crippen LogP contribution in [0.2, 0.25) is 0 Å². The van der Waals surface area contributed by atoms with E-state index in [0.717, 1.165) is 37.1 Å². The topological polar surface area (TPSA) is 42.1 Å². The summed E-state index contributed by atoms with van der Waals surface area (Å²) in [6.07, 6.45) is 5.24. The van der Waals surface area contributed by atoms with Gasteiger partial charge in [-0.1, -0.05) is 18.2 Å². The zero-order valence-corrected chi connectivity index (χ0v) is 9.76. The van der Waals surface area contributed by atoms with Crippen LogP contribution in [0.4, 0.5) is 5.69 Å². The molecular formula is C14H16N3. The third-order valence-corrected chi connectivity index (χ3v) is 3.40. The second kappa shape index (κ2) is 4.34. The van der Waals surface area contributed by atoms with Crippen LogP contribution in [0.15, 0.2) is 30.3 Å². The monoisotopic (exact) mass is 226 g/mol. The van der Waals surface area contributed by atoms with Gasteiger partial charge in [0, 0.05) is 24.5 Å². The lowest BCUT2D eigenvalue weighted by atomic mass is 10.1. The van der Waals surface area contributed by atoms with Crippen molar-refractivity contribution >= 4 is 16.6 Å². The minimum absolute atomic E-state index is 0.361. The number of fused-ring (bicyclic) bond motifs is 1. The molecule has 0 unspecified atom stereocenters. The highest BCUT2D eigenvalue weighted by atomic mass is 15.1. The van der Waals surface area contributed by atoms with E-state index < -0.39 is 0 Å². The van der Waals surface area contributed by atoms with Gasteiger partial charge in [-0.2, -0.15) is 0 Å². The number of nitrogens with zero attached hydrogens (tertiary/aromatic N) is 2. The molecule has 1 fully saturated rings. The summed E-state index contributed by atoms with van der Waals surface area (Å²) < 4.78 is 0. The van der Waals surface area contributed by atoms with Gasteiger partial charge in [-0.25, -0.2) is 4.98 Å². The number of nitrogens with two attached hydrogens (primary N) is 1. The van der Waals surface area contributed by atoms with Crippen molar-refractivity contribution in [2.75, 3.05) is 18.0 Å². The van der Waals surface area contributed by atoms with E-state index in [1.54, 1.807) is 0 Å². The Morgan fingerprint density at radius 3 is 2.82 bits per heavy atom. The van der Waals surface area contributed by atoms with E-state index in [0.29, 0.717) is 6.04 Å². The number of piperidine rings is 1. The number of rotatable bonds is 1. The van der Waals surface area contributed by atoms with Gasteiger partial charge in [-0.3, -0.25) is 0 Å². The number of hydrogen-bond acceptors (Lipinski definition) is 3. The summed E-state index contributed by atoms with van der Waals surface area (Å²) in [6.45, 7) is 2.02.